The summed E-state index contributed by atoms with van der Waals surface area (Å²) >= 11 is 0. The first-order valence-corrected chi connectivity index (χ1v) is 8.50. The fourth-order valence-electron chi connectivity index (χ4n) is 3.82. The average Bonchev–Trinajstić information content (AvgIpc) is 3.05. The summed E-state index contributed by atoms with van der Waals surface area (Å²) in [6.45, 7) is 0. The van der Waals surface area contributed by atoms with Gasteiger partial charge in [0.2, 0.25) is 0 Å². The fourth-order valence-corrected chi connectivity index (χ4v) is 3.82. The Morgan fingerprint density at radius 2 is 1.81 bits per heavy atom. The summed E-state index contributed by atoms with van der Waals surface area (Å²) < 4.78 is 0. The number of nitrogens with one attached hydrogen (secondary N) is 1. The van der Waals surface area contributed by atoms with Crippen LogP contribution >= 0.6 is 0 Å². The topological polar surface area (TPSA) is 12.0 Å². The van der Waals surface area contributed by atoms with E-state index in [1.807, 2.05) is 0 Å². The molecule has 0 amide bonds. The lowest BCUT2D eigenvalue weighted by molar-refractivity contribution is 0.419. The van der Waals surface area contributed by atoms with Gasteiger partial charge >= 0.3 is 0 Å². The molecule has 2 aromatic carbocycles. The van der Waals surface area contributed by atoms with Crippen molar-refractivity contribution in [1.29, 1.82) is 0 Å². The van der Waals surface area contributed by atoms with Crippen molar-refractivity contribution in [2.24, 2.45) is 5.92 Å². The van der Waals surface area contributed by atoms with E-state index in [0.29, 0.717) is 6.04 Å². The van der Waals surface area contributed by atoms with E-state index in [0.717, 1.165) is 12.3 Å². The molecular formula is C20H27N. The predicted octanol–water partition coefficient (Wildman–Crippen LogP) is 4.94. The molecule has 3 rings (SSSR count). The molecule has 1 N–H and O–H groups in total. The molecule has 1 unspecified atom stereocenters. The van der Waals surface area contributed by atoms with E-state index < -0.39 is 0 Å². The van der Waals surface area contributed by atoms with Crippen LogP contribution in [0.25, 0.3) is 10.8 Å². The highest BCUT2D eigenvalue weighted by Gasteiger charge is 2.17. The minimum Gasteiger partial charge on any atom is -0.317 e. The van der Waals surface area contributed by atoms with Crippen molar-refractivity contribution in [3.63, 3.8) is 0 Å². The molecule has 0 heterocycles. The smallest absolute Gasteiger partial charge is 0.0105 e. The molecule has 1 atom stereocenters. The number of hydrogen-bond donors (Lipinski definition) is 1. The van der Waals surface area contributed by atoms with E-state index in [-0.39, 0.29) is 0 Å². The zero-order valence-electron chi connectivity index (χ0n) is 13.1. The molecule has 0 saturated heterocycles. The lowest BCUT2D eigenvalue weighted by Crippen LogP contribution is -2.28. The van der Waals surface area contributed by atoms with Gasteiger partial charge in [-0.15, -0.1) is 0 Å². The summed E-state index contributed by atoms with van der Waals surface area (Å²) in [6, 6.07) is 16.1. The number of hydrogen-bond acceptors (Lipinski definition) is 1. The molecule has 0 bridgehead atoms. The van der Waals surface area contributed by atoms with Crippen molar-refractivity contribution in [2.45, 2.75) is 51.0 Å². The van der Waals surface area contributed by atoms with Crippen molar-refractivity contribution >= 4 is 10.8 Å². The van der Waals surface area contributed by atoms with Gasteiger partial charge in [-0.1, -0.05) is 68.1 Å². The Bertz CT molecular complexity index is 564. The van der Waals surface area contributed by atoms with Crippen molar-refractivity contribution in [1.82, 2.24) is 5.32 Å². The van der Waals surface area contributed by atoms with Crippen LogP contribution < -0.4 is 5.32 Å². The molecular weight excluding hydrogens is 254 g/mol. The van der Waals surface area contributed by atoms with Crippen molar-refractivity contribution in [2.75, 3.05) is 7.05 Å². The summed E-state index contributed by atoms with van der Waals surface area (Å²) in [6.07, 6.45) is 9.69. The van der Waals surface area contributed by atoms with Crippen LogP contribution in [0.1, 0.15) is 44.1 Å². The van der Waals surface area contributed by atoms with E-state index in [9.17, 15) is 0 Å². The molecule has 0 radical (unpaired) electrons. The Hall–Kier alpha value is -1.34. The molecule has 112 valence electrons. The summed E-state index contributed by atoms with van der Waals surface area (Å²) in [7, 11) is 2.12. The van der Waals surface area contributed by atoms with Gasteiger partial charge in [-0.2, -0.15) is 0 Å². The maximum absolute atomic E-state index is 3.54. The van der Waals surface area contributed by atoms with Crippen LogP contribution in [0, 0.1) is 5.92 Å². The molecule has 21 heavy (non-hydrogen) atoms. The number of benzene rings is 2. The summed E-state index contributed by atoms with van der Waals surface area (Å²) in [4.78, 5) is 0. The van der Waals surface area contributed by atoms with Crippen LogP contribution in [-0.4, -0.2) is 13.1 Å². The van der Waals surface area contributed by atoms with E-state index in [1.165, 1.54) is 54.9 Å². The lowest BCUT2D eigenvalue weighted by Gasteiger charge is -2.19. The first kappa shape index (κ1) is 14.6. The molecule has 1 aliphatic rings. The Balaban J connectivity index is 1.67. The molecule has 0 spiro atoms. The molecule has 0 aliphatic heterocycles. The van der Waals surface area contributed by atoms with E-state index in [1.54, 1.807) is 0 Å². The molecule has 1 nitrogen and oxygen atoms in total. The van der Waals surface area contributed by atoms with Crippen LogP contribution in [0.15, 0.2) is 42.5 Å². The Morgan fingerprint density at radius 3 is 2.62 bits per heavy atom. The highest BCUT2D eigenvalue weighted by Crippen LogP contribution is 2.29. The van der Waals surface area contributed by atoms with E-state index >= 15 is 0 Å². The largest absolute Gasteiger partial charge is 0.317 e. The van der Waals surface area contributed by atoms with Gasteiger partial charge in [-0.3, -0.25) is 0 Å². The van der Waals surface area contributed by atoms with Crippen molar-refractivity contribution < 1.29 is 0 Å². The maximum atomic E-state index is 3.54. The Kier molecular flexibility index (Phi) is 4.92. The highest BCUT2D eigenvalue weighted by atomic mass is 14.9. The van der Waals surface area contributed by atoms with Crippen molar-refractivity contribution in [3.8, 4) is 0 Å². The van der Waals surface area contributed by atoms with Gasteiger partial charge < -0.3 is 5.32 Å². The second-order valence-corrected chi connectivity index (χ2v) is 6.56. The minimum absolute atomic E-state index is 0.608. The van der Waals surface area contributed by atoms with Gasteiger partial charge in [0.25, 0.3) is 0 Å². The summed E-state index contributed by atoms with van der Waals surface area (Å²) in [5.41, 5.74) is 1.49. The summed E-state index contributed by atoms with van der Waals surface area (Å²) in [5, 5.41) is 6.32. The summed E-state index contributed by atoms with van der Waals surface area (Å²) in [5.74, 6) is 0.994. The second kappa shape index (κ2) is 7.09. The predicted molar refractivity (Wildman–Crippen MR) is 91.7 cm³/mol. The third-order valence-electron chi connectivity index (χ3n) is 5.15. The first-order valence-electron chi connectivity index (χ1n) is 8.50. The quantitative estimate of drug-likeness (QED) is 0.790. The standard InChI is InChI=1S/C20H27N/c1-21-19(14-13-16-7-2-3-8-16)15-18-11-6-10-17-9-4-5-12-20(17)18/h4-6,9-12,16,19,21H,2-3,7-8,13-15H2,1H3. The number of rotatable bonds is 6. The van der Waals surface area contributed by atoms with Gasteiger partial charge in [0.05, 0.1) is 0 Å². The third kappa shape index (κ3) is 3.65. The lowest BCUT2D eigenvalue weighted by atomic mass is 9.93. The second-order valence-electron chi connectivity index (χ2n) is 6.56. The Labute approximate surface area is 128 Å². The Morgan fingerprint density at radius 1 is 1.05 bits per heavy atom. The molecule has 1 fully saturated rings. The molecule has 0 aromatic heterocycles. The zero-order valence-corrected chi connectivity index (χ0v) is 13.1. The molecule has 1 saturated carbocycles. The van der Waals surface area contributed by atoms with Crippen LogP contribution in [-0.2, 0) is 6.42 Å². The normalized spacial score (nSPS) is 17.4. The zero-order chi connectivity index (χ0) is 14.5. The molecule has 1 heteroatoms. The van der Waals surface area contributed by atoms with Crippen molar-refractivity contribution in [3.05, 3.63) is 48.0 Å². The fraction of sp³-hybridized carbons (Fsp3) is 0.500. The molecule has 2 aromatic rings. The van der Waals surface area contributed by atoms with Gasteiger partial charge in [0.15, 0.2) is 0 Å². The SMILES string of the molecule is CNC(CCC1CCCC1)Cc1cccc2ccccc12. The minimum atomic E-state index is 0.608. The average molecular weight is 281 g/mol. The third-order valence-corrected chi connectivity index (χ3v) is 5.15. The number of likely N-dealkylation sites (N-methyl/N-ethyl adjacent to an activating group) is 1. The molecule has 1 aliphatic carbocycles. The maximum Gasteiger partial charge on any atom is 0.0105 e. The number of fused-ring (bicyclic) bond motifs is 1. The van der Waals surface area contributed by atoms with Crippen LogP contribution in [0.3, 0.4) is 0 Å². The van der Waals surface area contributed by atoms with Gasteiger partial charge in [0.1, 0.15) is 0 Å². The van der Waals surface area contributed by atoms with Gasteiger partial charge in [0, 0.05) is 6.04 Å². The van der Waals surface area contributed by atoms with Crippen LogP contribution in [0.2, 0.25) is 0 Å². The van der Waals surface area contributed by atoms with Gasteiger partial charge in [-0.25, -0.2) is 0 Å². The van der Waals surface area contributed by atoms with E-state index in [4.69, 9.17) is 0 Å². The first-order chi connectivity index (χ1) is 10.4. The van der Waals surface area contributed by atoms with Gasteiger partial charge in [-0.05, 0) is 48.6 Å². The van der Waals surface area contributed by atoms with Crippen LogP contribution in [0.5, 0.6) is 0 Å². The monoisotopic (exact) mass is 281 g/mol. The van der Waals surface area contributed by atoms with E-state index in [2.05, 4.69) is 54.8 Å². The highest BCUT2D eigenvalue weighted by molar-refractivity contribution is 5.85. The van der Waals surface area contributed by atoms with Crippen LogP contribution in [0.4, 0.5) is 0 Å².